The van der Waals surface area contributed by atoms with Crippen LogP contribution in [0.3, 0.4) is 0 Å². The van der Waals surface area contributed by atoms with Crippen molar-refractivity contribution in [3.63, 3.8) is 0 Å². The van der Waals surface area contributed by atoms with Crippen molar-refractivity contribution in [2.24, 2.45) is 5.92 Å². The van der Waals surface area contributed by atoms with Crippen LogP contribution in [0.1, 0.15) is 35.3 Å². The first-order valence-corrected chi connectivity index (χ1v) is 6.19. The normalized spacial score (nSPS) is 10.2. The molecule has 0 aromatic heterocycles. The lowest BCUT2D eigenvalue weighted by Gasteiger charge is -2.06. The van der Waals surface area contributed by atoms with E-state index in [4.69, 9.17) is 0 Å². The van der Waals surface area contributed by atoms with Gasteiger partial charge < -0.3 is 4.74 Å². The van der Waals surface area contributed by atoms with Gasteiger partial charge in [-0.05, 0) is 43.0 Å². The van der Waals surface area contributed by atoms with Crippen LogP contribution < -0.4 is 0 Å². The average Bonchev–Trinajstić information content (AvgIpc) is 2.39. The van der Waals surface area contributed by atoms with Crippen LogP contribution in [-0.2, 0) is 19.6 Å². The van der Waals surface area contributed by atoms with Gasteiger partial charge >= 0.3 is 12.1 Å². The fraction of sp³-hybridized carbons (Fsp3) is 0.429. The molecule has 0 atom stereocenters. The van der Waals surface area contributed by atoms with Gasteiger partial charge in [0.05, 0.1) is 17.2 Å². The predicted molar refractivity (Wildman–Crippen MR) is 69.7 cm³/mol. The van der Waals surface area contributed by atoms with Gasteiger partial charge in [-0.3, -0.25) is 4.89 Å². The summed E-state index contributed by atoms with van der Waals surface area (Å²) in [7, 11) is 0. The van der Waals surface area contributed by atoms with E-state index < -0.39 is 12.1 Å². The van der Waals surface area contributed by atoms with Crippen LogP contribution in [0.4, 0.5) is 4.79 Å². The van der Waals surface area contributed by atoms with Gasteiger partial charge in [0.15, 0.2) is 0 Å². The smallest absolute Gasteiger partial charge is 0.432 e. The molecule has 0 aliphatic heterocycles. The minimum absolute atomic E-state index is 0.167. The van der Waals surface area contributed by atoms with Crippen molar-refractivity contribution in [1.82, 2.24) is 0 Å². The summed E-state index contributed by atoms with van der Waals surface area (Å²) in [6.45, 7) is 7.72. The molecule has 6 heteroatoms. The largest absolute Gasteiger partial charge is 0.543 e. The second-order valence-electron chi connectivity index (χ2n) is 4.78. The lowest BCUT2D eigenvalue weighted by atomic mass is 10.1. The average molecular weight is 282 g/mol. The third-order valence-electron chi connectivity index (χ3n) is 2.49. The Balaban J connectivity index is 2.36. The van der Waals surface area contributed by atoms with Crippen molar-refractivity contribution in [3.8, 4) is 0 Å². The van der Waals surface area contributed by atoms with Gasteiger partial charge in [-0.2, -0.15) is 0 Å². The van der Waals surface area contributed by atoms with Gasteiger partial charge in [0.2, 0.25) is 0 Å². The molecule has 0 bridgehead atoms. The molecule has 6 nitrogen and oxygen atoms in total. The van der Waals surface area contributed by atoms with Crippen molar-refractivity contribution in [2.45, 2.75) is 27.7 Å². The van der Waals surface area contributed by atoms with E-state index in [0.717, 1.165) is 11.1 Å². The molecule has 0 fully saturated rings. The number of aryl methyl sites for hydroxylation is 2. The molecule has 0 radical (unpaired) electrons. The molecular weight excluding hydrogens is 264 g/mol. The molecule has 1 rings (SSSR count). The number of benzene rings is 1. The molecule has 0 amide bonds. The molecule has 0 heterocycles. The van der Waals surface area contributed by atoms with Crippen molar-refractivity contribution >= 4 is 12.1 Å². The molecule has 0 aliphatic carbocycles. The number of hydrogen-bond acceptors (Lipinski definition) is 6. The van der Waals surface area contributed by atoms with Gasteiger partial charge in [0, 0.05) is 0 Å². The van der Waals surface area contributed by atoms with E-state index >= 15 is 0 Å². The van der Waals surface area contributed by atoms with Crippen LogP contribution in [0.2, 0.25) is 0 Å². The standard InChI is InChI=1S/C14H18O6/c1-9(2)8-17-14(16)19-20-18-13(15)12-6-5-10(3)11(4)7-12/h5-7,9H,8H2,1-4H3. The quantitative estimate of drug-likeness (QED) is 0.469. The van der Waals surface area contributed by atoms with Gasteiger partial charge in [0.1, 0.15) is 0 Å². The third kappa shape index (κ3) is 5.27. The third-order valence-corrected chi connectivity index (χ3v) is 2.49. The molecule has 0 aliphatic rings. The summed E-state index contributed by atoms with van der Waals surface area (Å²) >= 11 is 0. The fourth-order valence-corrected chi connectivity index (χ4v) is 1.25. The maximum absolute atomic E-state index is 11.6. The van der Waals surface area contributed by atoms with E-state index in [1.54, 1.807) is 18.2 Å². The van der Waals surface area contributed by atoms with Crippen molar-refractivity contribution in [2.75, 3.05) is 6.61 Å². The summed E-state index contributed by atoms with van der Waals surface area (Å²) in [5, 5.41) is 4.09. The molecule has 0 saturated carbocycles. The number of ether oxygens (including phenoxy) is 1. The highest BCUT2D eigenvalue weighted by Gasteiger charge is 2.13. The van der Waals surface area contributed by atoms with Gasteiger partial charge in [-0.1, -0.05) is 19.9 Å². The Labute approximate surface area is 117 Å². The van der Waals surface area contributed by atoms with Crippen LogP contribution in [-0.4, -0.2) is 18.7 Å². The van der Waals surface area contributed by atoms with Crippen LogP contribution in [0.15, 0.2) is 18.2 Å². The first kappa shape index (κ1) is 16.0. The van der Waals surface area contributed by atoms with E-state index in [1.807, 2.05) is 27.7 Å². The Morgan fingerprint density at radius 1 is 1.10 bits per heavy atom. The highest BCUT2D eigenvalue weighted by Crippen LogP contribution is 2.11. The zero-order valence-electron chi connectivity index (χ0n) is 12.0. The summed E-state index contributed by atoms with van der Waals surface area (Å²) < 4.78 is 4.65. The van der Waals surface area contributed by atoms with Gasteiger partial charge in [-0.15, -0.1) is 0 Å². The topological polar surface area (TPSA) is 71.1 Å². The molecule has 110 valence electrons. The first-order valence-electron chi connectivity index (χ1n) is 6.19. The summed E-state index contributed by atoms with van der Waals surface area (Å²) in [4.78, 5) is 31.1. The zero-order chi connectivity index (χ0) is 15.1. The van der Waals surface area contributed by atoms with Crippen molar-refractivity contribution in [3.05, 3.63) is 34.9 Å². The number of hydrogen-bond donors (Lipinski definition) is 0. The second kappa shape index (κ2) is 7.49. The molecule has 20 heavy (non-hydrogen) atoms. The van der Waals surface area contributed by atoms with Gasteiger partial charge in [0.25, 0.3) is 0 Å². The number of carbonyl (C=O) groups excluding carboxylic acids is 2. The summed E-state index contributed by atoms with van der Waals surface area (Å²) in [5.74, 6) is -0.592. The van der Waals surface area contributed by atoms with E-state index in [-0.39, 0.29) is 12.5 Å². The van der Waals surface area contributed by atoms with Crippen molar-refractivity contribution < 1.29 is 29.1 Å². The summed E-state index contributed by atoms with van der Waals surface area (Å²) in [6.07, 6.45) is -1.06. The molecule has 0 saturated heterocycles. The van der Waals surface area contributed by atoms with Crippen LogP contribution in [0.5, 0.6) is 0 Å². The van der Waals surface area contributed by atoms with E-state index in [0.29, 0.717) is 5.56 Å². The minimum Gasteiger partial charge on any atom is -0.432 e. The minimum atomic E-state index is -1.06. The van der Waals surface area contributed by atoms with Crippen LogP contribution in [0.25, 0.3) is 0 Å². The Morgan fingerprint density at radius 2 is 1.80 bits per heavy atom. The fourth-order valence-electron chi connectivity index (χ4n) is 1.25. The molecule has 1 aromatic carbocycles. The molecular formula is C14H18O6. The molecule has 1 aromatic rings. The zero-order valence-corrected chi connectivity index (χ0v) is 12.0. The molecule has 0 spiro atoms. The summed E-state index contributed by atoms with van der Waals surface area (Å²) in [5.41, 5.74) is 2.29. The van der Waals surface area contributed by atoms with Crippen LogP contribution in [0, 0.1) is 19.8 Å². The van der Waals surface area contributed by atoms with E-state index in [9.17, 15) is 9.59 Å². The maximum atomic E-state index is 11.6. The Kier molecular flexibility index (Phi) is 5.99. The monoisotopic (exact) mass is 282 g/mol. The second-order valence-corrected chi connectivity index (χ2v) is 4.78. The number of rotatable bonds is 5. The predicted octanol–water partition coefficient (Wildman–Crippen LogP) is 3.12. The summed E-state index contributed by atoms with van der Waals surface area (Å²) in [6, 6.07) is 5.02. The van der Waals surface area contributed by atoms with E-state index in [2.05, 4.69) is 19.6 Å². The van der Waals surface area contributed by atoms with Gasteiger partial charge in [-0.25, -0.2) is 14.5 Å². The Bertz CT molecular complexity index is 481. The number of carbonyl (C=O) groups is 2. The highest BCUT2D eigenvalue weighted by molar-refractivity contribution is 5.89. The maximum Gasteiger partial charge on any atom is 0.543 e. The Hall–Kier alpha value is -2.08. The Morgan fingerprint density at radius 3 is 2.40 bits per heavy atom. The SMILES string of the molecule is Cc1ccc(C(=O)OOOC(=O)OCC(C)C)cc1C. The van der Waals surface area contributed by atoms with E-state index in [1.165, 1.54) is 0 Å². The lowest BCUT2D eigenvalue weighted by molar-refractivity contribution is -0.452. The highest BCUT2D eigenvalue weighted by atomic mass is 17.5. The lowest BCUT2D eigenvalue weighted by Crippen LogP contribution is -2.14. The molecule has 0 unspecified atom stereocenters. The van der Waals surface area contributed by atoms with Crippen LogP contribution >= 0.6 is 0 Å². The molecule has 0 N–H and O–H groups in total. The van der Waals surface area contributed by atoms with Crippen molar-refractivity contribution in [1.29, 1.82) is 0 Å². The first-order chi connectivity index (χ1) is 9.40.